The third-order valence-electron chi connectivity index (χ3n) is 3.82. The van der Waals surface area contributed by atoms with Crippen LogP contribution in [0.25, 0.3) is 0 Å². The molecule has 0 saturated heterocycles. The third kappa shape index (κ3) is 2.13. The summed E-state index contributed by atoms with van der Waals surface area (Å²) in [5.41, 5.74) is 2.74. The van der Waals surface area contributed by atoms with Gasteiger partial charge in [-0.05, 0) is 57.9 Å². The Morgan fingerprint density at radius 2 is 1.85 bits per heavy atom. The summed E-state index contributed by atoms with van der Waals surface area (Å²) < 4.78 is 0. The number of aliphatic carboxylic acids is 1. The molecule has 20 heavy (non-hydrogen) atoms. The molecule has 1 amide bonds. The van der Waals surface area contributed by atoms with Gasteiger partial charge in [-0.1, -0.05) is 0 Å². The standard InChI is InChI=1S/C15H20N2O3/c1-8-6-11-12(7-9(8)2)17(10(3)13(18)19)14(20)15(4,5)16-11/h6-7,10,16H,1-5H3,(H,18,19). The first-order chi connectivity index (χ1) is 9.15. The number of nitrogens with zero attached hydrogens (tertiary/aromatic N) is 1. The molecule has 5 heteroatoms. The minimum Gasteiger partial charge on any atom is -0.480 e. The van der Waals surface area contributed by atoms with Gasteiger partial charge in [-0.15, -0.1) is 0 Å². The van der Waals surface area contributed by atoms with Gasteiger partial charge in [0.2, 0.25) is 0 Å². The molecule has 5 nitrogen and oxygen atoms in total. The monoisotopic (exact) mass is 276 g/mol. The van der Waals surface area contributed by atoms with Crippen molar-refractivity contribution in [2.45, 2.75) is 46.2 Å². The van der Waals surface area contributed by atoms with Gasteiger partial charge in [0, 0.05) is 0 Å². The highest BCUT2D eigenvalue weighted by Gasteiger charge is 2.42. The van der Waals surface area contributed by atoms with Gasteiger partial charge < -0.3 is 10.4 Å². The molecule has 108 valence electrons. The summed E-state index contributed by atoms with van der Waals surface area (Å²) in [5, 5.41) is 12.5. The molecule has 0 bridgehead atoms. The van der Waals surface area contributed by atoms with Gasteiger partial charge >= 0.3 is 5.97 Å². The van der Waals surface area contributed by atoms with Crippen molar-refractivity contribution in [1.82, 2.24) is 0 Å². The summed E-state index contributed by atoms with van der Waals surface area (Å²) in [5.74, 6) is -1.25. The number of aryl methyl sites for hydroxylation is 2. The minimum atomic E-state index is -1.01. The predicted octanol–water partition coefficient (Wildman–Crippen LogP) is 2.31. The summed E-state index contributed by atoms with van der Waals surface area (Å²) in [6, 6.07) is 2.93. The zero-order chi connectivity index (χ0) is 15.2. The van der Waals surface area contributed by atoms with Gasteiger partial charge in [-0.25, -0.2) is 4.79 Å². The molecule has 1 aromatic rings. The van der Waals surface area contributed by atoms with E-state index in [0.29, 0.717) is 5.69 Å². The van der Waals surface area contributed by atoms with E-state index in [-0.39, 0.29) is 5.91 Å². The Morgan fingerprint density at radius 1 is 1.30 bits per heavy atom. The highest BCUT2D eigenvalue weighted by Crippen LogP contribution is 2.38. The molecule has 2 rings (SSSR count). The third-order valence-corrected chi connectivity index (χ3v) is 3.82. The van der Waals surface area contributed by atoms with Crippen LogP contribution in [0.2, 0.25) is 0 Å². The molecule has 0 spiro atoms. The smallest absolute Gasteiger partial charge is 0.326 e. The van der Waals surface area contributed by atoms with Gasteiger partial charge in [-0.3, -0.25) is 9.69 Å². The SMILES string of the molecule is Cc1cc2c(cc1C)N(C(C)C(=O)O)C(=O)C(C)(C)N2. The van der Waals surface area contributed by atoms with E-state index < -0.39 is 17.6 Å². The molecule has 1 heterocycles. The van der Waals surface area contributed by atoms with E-state index in [1.807, 2.05) is 26.0 Å². The quantitative estimate of drug-likeness (QED) is 0.869. The second kappa shape index (κ2) is 4.51. The van der Waals surface area contributed by atoms with Gasteiger partial charge in [0.05, 0.1) is 11.4 Å². The molecule has 1 atom stereocenters. The van der Waals surface area contributed by atoms with Gasteiger partial charge in [0.15, 0.2) is 0 Å². The first kappa shape index (κ1) is 14.4. The Hall–Kier alpha value is -2.04. The summed E-state index contributed by atoms with van der Waals surface area (Å²) >= 11 is 0. The number of rotatable bonds is 2. The van der Waals surface area contributed by atoms with Crippen LogP contribution in [-0.2, 0) is 9.59 Å². The minimum absolute atomic E-state index is 0.233. The molecule has 0 aliphatic carbocycles. The van der Waals surface area contributed by atoms with Crippen LogP contribution in [0.3, 0.4) is 0 Å². The van der Waals surface area contributed by atoms with E-state index >= 15 is 0 Å². The fourth-order valence-electron chi connectivity index (χ4n) is 2.40. The lowest BCUT2D eigenvalue weighted by Gasteiger charge is -2.42. The Bertz CT molecular complexity index is 593. The number of fused-ring (bicyclic) bond motifs is 1. The van der Waals surface area contributed by atoms with Crippen molar-refractivity contribution in [2.24, 2.45) is 0 Å². The van der Waals surface area contributed by atoms with Crippen molar-refractivity contribution in [3.05, 3.63) is 23.3 Å². The molecule has 0 aromatic heterocycles. The summed E-state index contributed by atoms with van der Waals surface area (Å²) in [6.07, 6.45) is 0. The van der Waals surface area contributed by atoms with E-state index in [0.717, 1.165) is 16.8 Å². The highest BCUT2D eigenvalue weighted by molar-refractivity contribution is 6.10. The number of hydrogen-bond acceptors (Lipinski definition) is 3. The Balaban J connectivity index is 2.65. The molecular formula is C15H20N2O3. The number of anilines is 2. The topological polar surface area (TPSA) is 69.6 Å². The fourth-order valence-corrected chi connectivity index (χ4v) is 2.40. The summed E-state index contributed by atoms with van der Waals surface area (Å²) in [7, 11) is 0. The molecule has 1 aromatic carbocycles. The maximum atomic E-state index is 12.6. The van der Waals surface area contributed by atoms with E-state index in [2.05, 4.69) is 5.32 Å². The lowest BCUT2D eigenvalue weighted by atomic mass is 9.94. The molecule has 0 radical (unpaired) electrons. The van der Waals surface area contributed by atoms with E-state index in [4.69, 9.17) is 0 Å². The zero-order valence-electron chi connectivity index (χ0n) is 12.4. The zero-order valence-corrected chi connectivity index (χ0v) is 12.4. The average molecular weight is 276 g/mol. The van der Waals surface area contributed by atoms with Crippen LogP contribution in [0, 0.1) is 13.8 Å². The Morgan fingerprint density at radius 3 is 2.40 bits per heavy atom. The number of carbonyl (C=O) groups excluding carboxylic acids is 1. The molecule has 0 saturated carbocycles. The molecule has 2 N–H and O–H groups in total. The van der Waals surface area contributed by atoms with Crippen LogP contribution >= 0.6 is 0 Å². The van der Waals surface area contributed by atoms with Crippen molar-refractivity contribution in [2.75, 3.05) is 10.2 Å². The van der Waals surface area contributed by atoms with Crippen molar-refractivity contribution in [1.29, 1.82) is 0 Å². The molecule has 0 fully saturated rings. The van der Waals surface area contributed by atoms with Crippen LogP contribution in [0.4, 0.5) is 11.4 Å². The van der Waals surface area contributed by atoms with Gasteiger partial charge in [0.1, 0.15) is 11.6 Å². The van der Waals surface area contributed by atoms with Crippen LogP contribution in [0.1, 0.15) is 31.9 Å². The molecule has 1 aliphatic rings. The highest BCUT2D eigenvalue weighted by atomic mass is 16.4. The molecule has 1 unspecified atom stereocenters. The van der Waals surface area contributed by atoms with E-state index in [9.17, 15) is 14.7 Å². The summed E-state index contributed by atoms with van der Waals surface area (Å²) in [4.78, 5) is 25.2. The van der Waals surface area contributed by atoms with Crippen molar-refractivity contribution in [3.8, 4) is 0 Å². The summed E-state index contributed by atoms with van der Waals surface area (Å²) in [6.45, 7) is 8.99. The Kier molecular flexibility index (Phi) is 3.24. The van der Waals surface area contributed by atoms with Crippen LogP contribution in [-0.4, -0.2) is 28.6 Å². The first-order valence-electron chi connectivity index (χ1n) is 6.61. The maximum absolute atomic E-state index is 12.6. The number of carboxylic acids is 1. The normalized spacial score (nSPS) is 18.2. The Labute approximate surface area is 118 Å². The number of nitrogens with one attached hydrogen (secondary N) is 1. The van der Waals surface area contributed by atoms with Crippen LogP contribution < -0.4 is 10.2 Å². The van der Waals surface area contributed by atoms with Crippen molar-refractivity contribution in [3.63, 3.8) is 0 Å². The maximum Gasteiger partial charge on any atom is 0.326 e. The van der Waals surface area contributed by atoms with Gasteiger partial charge in [0.25, 0.3) is 5.91 Å². The van der Waals surface area contributed by atoms with Crippen LogP contribution in [0.5, 0.6) is 0 Å². The second-order valence-electron chi connectivity index (χ2n) is 5.89. The predicted molar refractivity (Wildman–Crippen MR) is 78.2 cm³/mol. The second-order valence-corrected chi connectivity index (χ2v) is 5.89. The molecule has 1 aliphatic heterocycles. The number of carbonyl (C=O) groups is 2. The first-order valence-corrected chi connectivity index (χ1v) is 6.61. The van der Waals surface area contributed by atoms with Crippen molar-refractivity contribution >= 4 is 23.3 Å². The van der Waals surface area contributed by atoms with Gasteiger partial charge in [-0.2, -0.15) is 0 Å². The van der Waals surface area contributed by atoms with Crippen LogP contribution in [0.15, 0.2) is 12.1 Å². The largest absolute Gasteiger partial charge is 0.480 e. The number of carboxylic acid groups (broad SMARTS) is 1. The lowest BCUT2D eigenvalue weighted by molar-refractivity contribution is -0.140. The van der Waals surface area contributed by atoms with E-state index in [1.165, 1.54) is 11.8 Å². The van der Waals surface area contributed by atoms with E-state index in [1.54, 1.807) is 13.8 Å². The molecular weight excluding hydrogens is 256 g/mol. The van der Waals surface area contributed by atoms with Crippen molar-refractivity contribution < 1.29 is 14.7 Å². The average Bonchev–Trinajstić information content (AvgIpc) is 2.33. The number of benzene rings is 1. The number of hydrogen-bond donors (Lipinski definition) is 2. The fraction of sp³-hybridized carbons (Fsp3) is 0.467. The number of amides is 1. The lowest BCUT2D eigenvalue weighted by Crippen LogP contribution is -2.58.